The van der Waals surface area contributed by atoms with Gasteiger partial charge in [-0.1, -0.05) is 17.3 Å². The molecule has 0 radical (unpaired) electrons. The van der Waals surface area contributed by atoms with Crippen LogP contribution in [0.15, 0.2) is 28.8 Å². The molecule has 2 rings (SSSR count). The smallest absolute Gasteiger partial charge is 0.231 e. The summed E-state index contributed by atoms with van der Waals surface area (Å²) in [5.74, 6) is 1.27. The lowest BCUT2D eigenvalue weighted by Crippen LogP contribution is -2.09. The lowest BCUT2D eigenvalue weighted by molar-refractivity contribution is 0.116. The molecular weight excluding hydrogens is 230 g/mol. The van der Waals surface area contributed by atoms with Gasteiger partial charge in [-0.15, -0.1) is 0 Å². The number of nitrogens with two attached hydrogens (primary N) is 1. The molecule has 1 unspecified atom stereocenters. The van der Waals surface area contributed by atoms with Gasteiger partial charge in [0, 0.05) is 19.2 Å². The molecule has 96 valence electrons. The Labute approximate surface area is 106 Å². The van der Waals surface area contributed by atoms with Crippen LogP contribution in [0.1, 0.15) is 24.2 Å². The molecule has 1 aromatic heterocycles. The minimum Gasteiger partial charge on any atom is -0.399 e. The zero-order valence-corrected chi connectivity index (χ0v) is 10.6. The fraction of sp³-hybridized carbons (Fsp3) is 0.385. The SMILES string of the molecule is COC(C)Cc1noc(Cc2cccc(N)c2)n1. The van der Waals surface area contributed by atoms with Crippen molar-refractivity contribution in [3.8, 4) is 0 Å². The van der Waals surface area contributed by atoms with Gasteiger partial charge in [-0.2, -0.15) is 4.98 Å². The number of rotatable bonds is 5. The maximum absolute atomic E-state index is 5.72. The Morgan fingerprint density at radius 1 is 1.44 bits per heavy atom. The van der Waals surface area contributed by atoms with Gasteiger partial charge in [0.1, 0.15) is 0 Å². The van der Waals surface area contributed by atoms with E-state index in [1.165, 1.54) is 0 Å². The summed E-state index contributed by atoms with van der Waals surface area (Å²) in [6.07, 6.45) is 1.33. The van der Waals surface area contributed by atoms with Crippen LogP contribution in [0, 0.1) is 0 Å². The third-order valence-corrected chi connectivity index (χ3v) is 2.69. The first kappa shape index (κ1) is 12.6. The fourth-order valence-electron chi connectivity index (χ4n) is 1.66. The molecule has 1 atom stereocenters. The molecule has 0 saturated carbocycles. The number of benzene rings is 1. The van der Waals surface area contributed by atoms with Crippen LogP contribution in [0.2, 0.25) is 0 Å². The first-order valence-corrected chi connectivity index (χ1v) is 5.86. The quantitative estimate of drug-likeness (QED) is 0.816. The Morgan fingerprint density at radius 3 is 3.00 bits per heavy atom. The summed E-state index contributed by atoms with van der Waals surface area (Å²) in [4.78, 5) is 4.32. The number of hydrogen-bond acceptors (Lipinski definition) is 5. The molecule has 0 spiro atoms. The zero-order valence-electron chi connectivity index (χ0n) is 10.6. The van der Waals surface area contributed by atoms with Crippen LogP contribution >= 0.6 is 0 Å². The van der Waals surface area contributed by atoms with E-state index < -0.39 is 0 Å². The van der Waals surface area contributed by atoms with E-state index in [4.69, 9.17) is 15.0 Å². The van der Waals surface area contributed by atoms with Gasteiger partial charge in [-0.25, -0.2) is 0 Å². The molecule has 2 aromatic rings. The van der Waals surface area contributed by atoms with E-state index in [1.54, 1.807) is 7.11 Å². The molecule has 5 nitrogen and oxygen atoms in total. The minimum absolute atomic E-state index is 0.0859. The molecule has 2 N–H and O–H groups in total. The summed E-state index contributed by atoms with van der Waals surface area (Å²) in [5, 5.41) is 3.93. The Kier molecular flexibility index (Phi) is 3.94. The number of anilines is 1. The molecule has 0 amide bonds. The first-order chi connectivity index (χ1) is 8.67. The molecule has 0 aliphatic rings. The third kappa shape index (κ3) is 3.30. The predicted octanol–water partition coefficient (Wildman–Crippen LogP) is 1.82. The summed E-state index contributed by atoms with van der Waals surface area (Å²) >= 11 is 0. The van der Waals surface area contributed by atoms with Gasteiger partial charge in [-0.3, -0.25) is 0 Å². The van der Waals surface area contributed by atoms with Crippen molar-refractivity contribution >= 4 is 5.69 Å². The van der Waals surface area contributed by atoms with Gasteiger partial charge in [-0.05, 0) is 24.6 Å². The molecule has 0 bridgehead atoms. The number of methoxy groups -OCH3 is 1. The number of nitrogens with zero attached hydrogens (tertiary/aromatic N) is 2. The maximum Gasteiger partial charge on any atom is 0.231 e. The van der Waals surface area contributed by atoms with E-state index in [0.717, 1.165) is 11.3 Å². The highest BCUT2D eigenvalue weighted by atomic mass is 16.5. The van der Waals surface area contributed by atoms with Crippen LogP contribution in [0.5, 0.6) is 0 Å². The third-order valence-electron chi connectivity index (χ3n) is 2.69. The van der Waals surface area contributed by atoms with Gasteiger partial charge in [0.05, 0.1) is 12.5 Å². The van der Waals surface area contributed by atoms with Crippen molar-refractivity contribution in [3.63, 3.8) is 0 Å². The Morgan fingerprint density at radius 2 is 2.28 bits per heavy atom. The molecule has 0 aliphatic carbocycles. The van der Waals surface area contributed by atoms with E-state index >= 15 is 0 Å². The van der Waals surface area contributed by atoms with Crippen molar-refractivity contribution in [2.75, 3.05) is 12.8 Å². The Balaban J connectivity index is 2.02. The fourth-order valence-corrected chi connectivity index (χ4v) is 1.66. The Hall–Kier alpha value is -1.88. The summed E-state index contributed by atoms with van der Waals surface area (Å²) in [6.45, 7) is 1.97. The van der Waals surface area contributed by atoms with Crippen LogP contribution in [0.25, 0.3) is 0 Å². The standard InChI is InChI=1S/C13H17N3O2/c1-9(17-2)6-12-15-13(18-16-12)8-10-4-3-5-11(14)7-10/h3-5,7,9H,6,8,14H2,1-2H3. The summed E-state index contributed by atoms with van der Waals surface area (Å²) in [6, 6.07) is 7.65. The highest BCUT2D eigenvalue weighted by Gasteiger charge is 2.10. The van der Waals surface area contributed by atoms with Gasteiger partial charge >= 0.3 is 0 Å². The zero-order chi connectivity index (χ0) is 13.0. The molecule has 0 saturated heterocycles. The van der Waals surface area contributed by atoms with Crippen LogP contribution < -0.4 is 5.73 Å². The molecular formula is C13H17N3O2. The van der Waals surface area contributed by atoms with Gasteiger partial charge in [0.25, 0.3) is 0 Å². The molecule has 5 heteroatoms. The van der Waals surface area contributed by atoms with Crippen LogP contribution in [0.3, 0.4) is 0 Å². The first-order valence-electron chi connectivity index (χ1n) is 5.86. The molecule has 1 aromatic carbocycles. The van der Waals surface area contributed by atoms with E-state index in [1.807, 2.05) is 31.2 Å². The van der Waals surface area contributed by atoms with Crippen molar-refractivity contribution in [2.45, 2.75) is 25.9 Å². The monoisotopic (exact) mass is 247 g/mol. The molecule has 1 heterocycles. The van der Waals surface area contributed by atoms with Gasteiger partial charge < -0.3 is 15.0 Å². The number of nitrogen functional groups attached to an aromatic ring is 1. The Bertz CT molecular complexity index is 510. The lowest BCUT2D eigenvalue weighted by Gasteiger charge is -2.03. The minimum atomic E-state index is 0.0859. The molecule has 0 fully saturated rings. The normalized spacial score (nSPS) is 12.6. The van der Waals surface area contributed by atoms with E-state index in [0.29, 0.717) is 24.6 Å². The predicted molar refractivity (Wildman–Crippen MR) is 68.1 cm³/mol. The highest BCUT2D eigenvalue weighted by molar-refractivity contribution is 5.41. The lowest BCUT2D eigenvalue weighted by atomic mass is 10.1. The van der Waals surface area contributed by atoms with E-state index in [9.17, 15) is 0 Å². The summed E-state index contributed by atoms with van der Waals surface area (Å²) < 4.78 is 10.4. The summed E-state index contributed by atoms with van der Waals surface area (Å²) in [5.41, 5.74) is 7.51. The van der Waals surface area contributed by atoms with Gasteiger partial charge in [0.2, 0.25) is 5.89 Å². The second-order valence-electron chi connectivity index (χ2n) is 4.28. The van der Waals surface area contributed by atoms with Crippen LogP contribution in [-0.2, 0) is 17.6 Å². The van der Waals surface area contributed by atoms with Crippen molar-refractivity contribution in [2.24, 2.45) is 0 Å². The van der Waals surface area contributed by atoms with Gasteiger partial charge in [0.15, 0.2) is 5.82 Å². The highest BCUT2D eigenvalue weighted by Crippen LogP contribution is 2.12. The topological polar surface area (TPSA) is 74.2 Å². The van der Waals surface area contributed by atoms with Crippen molar-refractivity contribution in [1.82, 2.24) is 10.1 Å². The second-order valence-corrected chi connectivity index (χ2v) is 4.28. The summed E-state index contributed by atoms with van der Waals surface area (Å²) in [7, 11) is 1.67. The van der Waals surface area contributed by atoms with E-state index in [2.05, 4.69) is 10.1 Å². The van der Waals surface area contributed by atoms with E-state index in [-0.39, 0.29) is 6.10 Å². The van der Waals surface area contributed by atoms with Crippen molar-refractivity contribution in [3.05, 3.63) is 41.5 Å². The average molecular weight is 247 g/mol. The second kappa shape index (κ2) is 5.64. The van der Waals surface area contributed by atoms with Crippen molar-refractivity contribution in [1.29, 1.82) is 0 Å². The molecule has 18 heavy (non-hydrogen) atoms. The van der Waals surface area contributed by atoms with Crippen LogP contribution in [0.4, 0.5) is 5.69 Å². The number of aromatic nitrogens is 2. The average Bonchev–Trinajstić information content (AvgIpc) is 2.76. The maximum atomic E-state index is 5.72. The number of ether oxygens (including phenoxy) is 1. The molecule has 0 aliphatic heterocycles. The van der Waals surface area contributed by atoms with Crippen LogP contribution in [-0.4, -0.2) is 23.4 Å². The van der Waals surface area contributed by atoms with Crippen molar-refractivity contribution < 1.29 is 9.26 Å². The number of hydrogen-bond donors (Lipinski definition) is 1. The largest absolute Gasteiger partial charge is 0.399 e.